The Morgan fingerprint density at radius 1 is 1.12 bits per heavy atom. The molecule has 0 unspecified atom stereocenters. The van der Waals surface area contributed by atoms with Crippen LogP contribution in [0.4, 0.5) is 17.1 Å². The van der Waals surface area contributed by atoms with Crippen LogP contribution in [0, 0.1) is 33.8 Å². The topological polar surface area (TPSA) is 119 Å². The van der Waals surface area contributed by atoms with Gasteiger partial charge in [-0.3, -0.25) is 24.5 Å². The summed E-state index contributed by atoms with van der Waals surface area (Å²) in [5.74, 6) is -0.888. The van der Waals surface area contributed by atoms with Crippen molar-refractivity contribution in [3.05, 3.63) is 76.4 Å². The molecule has 0 radical (unpaired) electrons. The van der Waals surface area contributed by atoms with Crippen LogP contribution in [0.25, 0.3) is 6.08 Å². The molecule has 2 aromatic carbocycles. The van der Waals surface area contributed by atoms with Crippen LogP contribution in [-0.4, -0.2) is 29.8 Å². The lowest BCUT2D eigenvalue weighted by molar-refractivity contribution is -0.384. The van der Waals surface area contributed by atoms with Gasteiger partial charge in [-0.2, -0.15) is 0 Å². The Kier molecular flexibility index (Phi) is 5.24. The third-order valence-electron chi connectivity index (χ3n) is 6.68. The number of methoxy groups -OCH3 is 1. The van der Waals surface area contributed by atoms with E-state index in [0.717, 1.165) is 6.42 Å². The zero-order valence-corrected chi connectivity index (χ0v) is 18.2. The smallest absolute Gasteiger partial charge is 0.273 e. The molecule has 9 heteroatoms. The molecule has 1 heterocycles. The molecule has 9 nitrogen and oxygen atoms in total. The molecular weight excluding hydrogens is 438 g/mol. The quantitative estimate of drug-likeness (QED) is 0.232. The second-order valence-electron chi connectivity index (χ2n) is 8.57. The molecule has 2 bridgehead atoms. The van der Waals surface area contributed by atoms with E-state index in [2.05, 4.69) is 17.5 Å². The largest absolute Gasteiger partial charge is 0.494 e. The van der Waals surface area contributed by atoms with Crippen LogP contribution in [0.2, 0.25) is 0 Å². The Labute approximate surface area is 194 Å². The first kappa shape index (κ1) is 21.6. The van der Waals surface area contributed by atoms with E-state index >= 15 is 0 Å². The molecule has 0 aromatic heterocycles. The summed E-state index contributed by atoms with van der Waals surface area (Å²) in [6.07, 6.45) is 7.84. The van der Waals surface area contributed by atoms with Gasteiger partial charge in [-0.25, -0.2) is 4.90 Å². The van der Waals surface area contributed by atoms with E-state index in [-0.39, 0.29) is 46.9 Å². The molecule has 1 aliphatic heterocycles. The monoisotopic (exact) mass is 459 g/mol. The number of benzene rings is 2. The summed E-state index contributed by atoms with van der Waals surface area (Å²) in [5, 5.41) is 13.5. The summed E-state index contributed by atoms with van der Waals surface area (Å²) in [7, 11) is 1.35. The van der Waals surface area contributed by atoms with Crippen LogP contribution in [-0.2, 0) is 14.4 Å². The van der Waals surface area contributed by atoms with E-state index in [1.165, 1.54) is 36.3 Å². The van der Waals surface area contributed by atoms with Crippen LogP contribution in [0.5, 0.6) is 5.75 Å². The van der Waals surface area contributed by atoms with Crippen LogP contribution >= 0.6 is 0 Å². The van der Waals surface area contributed by atoms with Crippen LogP contribution in [0.1, 0.15) is 12.0 Å². The second kappa shape index (κ2) is 8.26. The van der Waals surface area contributed by atoms with Gasteiger partial charge in [0.05, 0.1) is 41.3 Å². The number of anilines is 2. The third-order valence-corrected chi connectivity index (χ3v) is 6.68. The summed E-state index contributed by atoms with van der Waals surface area (Å²) in [6, 6.07) is 10.8. The summed E-state index contributed by atoms with van der Waals surface area (Å²) in [5.41, 5.74) is 1.27. The highest BCUT2D eigenvalue weighted by Gasteiger charge is 2.59. The molecule has 1 saturated carbocycles. The molecule has 2 aromatic rings. The SMILES string of the molecule is COc1cc([N+](=O)[O-])ccc1NC(=O)/C=C/c1cccc(N2C(=O)[C@H]3[C@H](C2=O)[C@H]2C=C[C@H]3C2)c1. The third kappa shape index (κ3) is 3.55. The zero-order chi connectivity index (χ0) is 24.0. The van der Waals surface area contributed by atoms with Gasteiger partial charge in [0.15, 0.2) is 0 Å². The molecule has 3 aliphatic rings. The number of nitrogens with one attached hydrogen (secondary N) is 1. The van der Waals surface area contributed by atoms with Gasteiger partial charge >= 0.3 is 0 Å². The molecule has 2 aliphatic carbocycles. The maximum absolute atomic E-state index is 13.0. The number of fused-ring (bicyclic) bond motifs is 5. The lowest BCUT2D eigenvalue weighted by Gasteiger charge is -2.17. The number of amides is 3. The summed E-state index contributed by atoms with van der Waals surface area (Å²) in [4.78, 5) is 50.1. The summed E-state index contributed by atoms with van der Waals surface area (Å²) >= 11 is 0. The first-order valence-corrected chi connectivity index (χ1v) is 10.8. The maximum atomic E-state index is 13.0. The molecule has 5 rings (SSSR count). The van der Waals surface area contributed by atoms with Gasteiger partial charge in [-0.1, -0.05) is 24.3 Å². The van der Waals surface area contributed by atoms with Crippen LogP contribution in [0.3, 0.4) is 0 Å². The number of allylic oxidation sites excluding steroid dienone is 2. The minimum absolute atomic E-state index is 0.139. The highest BCUT2D eigenvalue weighted by molar-refractivity contribution is 6.23. The lowest BCUT2D eigenvalue weighted by Crippen LogP contribution is -2.32. The van der Waals surface area contributed by atoms with Crippen molar-refractivity contribution in [2.24, 2.45) is 23.7 Å². The van der Waals surface area contributed by atoms with Crippen molar-refractivity contribution in [3.63, 3.8) is 0 Å². The van der Waals surface area contributed by atoms with Gasteiger partial charge in [-0.15, -0.1) is 0 Å². The standard InChI is InChI=1S/C25H21N3O6/c1-34-20-13-18(28(32)33)8-9-19(20)26-21(29)10-5-14-3-2-4-17(11-14)27-24(30)22-15-6-7-16(12-15)23(22)25(27)31/h2-11,13,15-16,22-23H,12H2,1H3,(H,26,29)/b10-5+/t15-,16-,22+,23+/m0/s1. The van der Waals surface area contributed by atoms with Gasteiger partial charge in [0.25, 0.3) is 5.69 Å². The number of hydrogen-bond acceptors (Lipinski definition) is 6. The first-order valence-electron chi connectivity index (χ1n) is 10.8. The van der Waals surface area contributed by atoms with Crippen molar-refractivity contribution < 1.29 is 24.0 Å². The lowest BCUT2D eigenvalue weighted by atomic mass is 9.85. The van der Waals surface area contributed by atoms with Crippen molar-refractivity contribution in [2.45, 2.75) is 6.42 Å². The van der Waals surface area contributed by atoms with E-state index in [1.54, 1.807) is 30.3 Å². The highest BCUT2D eigenvalue weighted by Crippen LogP contribution is 2.53. The Morgan fingerprint density at radius 3 is 2.47 bits per heavy atom. The zero-order valence-electron chi connectivity index (χ0n) is 18.2. The fourth-order valence-corrected chi connectivity index (χ4v) is 5.17. The van der Waals surface area contributed by atoms with E-state index in [0.29, 0.717) is 16.9 Å². The summed E-state index contributed by atoms with van der Waals surface area (Å²) < 4.78 is 5.13. The molecule has 172 valence electrons. The molecule has 1 N–H and O–H groups in total. The number of carbonyl (C=O) groups excluding carboxylic acids is 3. The second-order valence-corrected chi connectivity index (χ2v) is 8.57. The van der Waals surface area contributed by atoms with Gasteiger partial charge in [0.2, 0.25) is 17.7 Å². The van der Waals surface area contributed by atoms with E-state index in [9.17, 15) is 24.5 Å². The van der Waals surface area contributed by atoms with Crippen molar-refractivity contribution >= 4 is 40.9 Å². The van der Waals surface area contributed by atoms with E-state index in [1.807, 2.05) is 0 Å². The van der Waals surface area contributed by atoms with Gasteiger partial charge in [0, 0.05) is 12.1 Å². The number of ether oxygens (including phenoxy) is 1. The van der Waals surface area contributed by atoms with Crippen molar-refractivity contribution in [3.8, 4) is 5.75 Å². The van der Waals surface area contributed by atoms with Gasteiger partial charge in [-0.05, 0) is 48.1 Å². The Balaban J connectivity index is 1.31. The number of nitro groups is 1. The average Bonchev–Trinajstić information content (AvgIpc) is 3.51. The number of imide groups is 1. The number of nitro benzene ring substituents is 1. The Bertz CT molecular complexity index is 1250. The van der Waals surface area contributed by atoms with Crippen LogP contribution in [0.15, 0.2) is 60.7 Å². The fourth-order valence-electron chi connectivity index (χ4n) is 5.17. The Hall–Kier alpha value is -4.27. The van der Waals surface area contributed by atoms with Crippen LogP contribution < -0.4 is 15.0 Å². The highest BCUT2D eigenvalue weighted by atomic mass is 16.6. The van der Waals surface area contributed by atoms with Gasteiger partial charge < -0.3 is 10.1 Å². The fraction of sp³-hybridized carbons (Fsp3) is 0.240. The molecule has 2 fully saturated rings. The predicted molar refractivity (Wildman–Crippen MR) is 124 cm³/mol. The van der Waals surface area contributed by atoms with Gasteiger partial charge in [0.1, 0.15) is 5.75 Å². The number of non-ortho nitro benzene ring substituents is 1. The number of rotatable bonds is 6. The molecule has 0 spiro atoms. The molecule has 1 saturated heterocycles. The Morgan fingerprint density at radius 2 is 1.82 bits per heavy atom. The first-order chi connectivity index (χ1) is 16.4. The number of carbonyl (C=O) groups is 3. The molecule has 4 atom stereocenters. The minimum Gasteiger partial charge on any atom is -0.494 e. The molecular formula is C25H21N3O6. The van der Waals surface area contributed by atoms with Crippen molar-refractivity contribution in [1.82, 2.24) is 0 Å². The minimum atomic E-state index is -0.550. The van der Waals surface area contributed by atoms with E-state index < -0.39 is 10.8 Å². The predicted octanol–water partition coefficient (Wildman–Crippen LogP) is 3.57. The average molecular weight is 459 g/mol. The maximum Gasteiger partial charge on any atom is 0.273 e. The van der Waals surface area contributed by atoms with Crippen molar-refractivity contribution in [2.75, 3.05) is 17.3 Å². The normalized spacial score (nSPS) is 24.7. The molecule has 34 heavy (non-hydrogen) atoms. The van der Waals surface area contributed by atoms with E-state index in [4.69, 9.17) is 4.74 Å². The summed E-state index contributed by atoms with van der Waals surface area (Å²) in [6.45, 7) is 0. The van der Waals surface area contributed by atoms with Crippen molar-refractivity contribution in [1.29, 1.82) is 0 Å². The number of hydrogen-bond donors (Lipinski definition) is 1. The molecule has 3 amide bonds. The number of nitrogens with zero attached hydrogens (tertiary/aromatic N) is 2.